The van der Waals surface area contributed by atoms with E-state index in [9.17, 15) is 20.1 Å². The normalized spacial score (nSPS) is 26.1. The summed E-state index contributed by atoms with van der Waals surface area (Å²) in [7, 11) is 0. The predicted octanol–water partition coefficient (Wildman–Crippen LogP) is 1.33. The van der Waals surface area contributed by atoms with Crippen LogP contribution in [0.1, 0.15) is 24.3 Å². The summed E-state index contributed by atoms with van der Waals surface area (Å²) in [5, 5.41) is 18.6. The van der Waals surface area contributed by atoms with Crippen molar-refractivity contribution in [1.29, 1.82) is 5.26 Å². The van der Waals surface area contributed by atoms with E-state index < -0.39 is 17.7 Å². The van der Waals surface area contributed by atoms with Crippen LogP contribution < -0.4 is 5.48 Å². The third-order valence-electron chi connectivity index (χ3n) is 6.87. The quantitative estimate of drug-likeness (QED) is 0.225. The molecule has 0 aliphatic carbocycles. The summed E-state index contributed by atoms with van der Waals surface area (Å²) in [6, 6.07) is 10.2. The minimum atomic E-state index is -0.713. The predicted molar refractivity (Wildman–Crippen MR) is 125 cm³/mol. The van der Waals surface area contributed by atoms with E-state index in [4.69, 9.17) is 0 Å². The van der Waals surface area contributed by atoms with E-state index in [1.54, 1.807) is 5.48 Å². The highest BCUT2D eigenvalue weighted by Gasteiger charge is 2.43. The number of carbonyl (C=O) groups is 2. The molecule has 3 atom stereocenters. The summed E-state index contributed by atoms with van der Waals surface area (Å²) in [5.74, 6) is 0.946. The zero-order valence-corrected chi connectivity index (χ0v) is 19.4. The van der Waals surface area contributed by atoms with Crippen molar-refractivity contribution < 1.29 is 14.8 Å². The fourth-order valence-corrected chi connectivity index (χ4v) is 6.02. The molecule has 3 aliphatic rings. The Labute approximate surface area is 198 Å². The molecule has 9 nitrogen and oxygen atoms in total. The van der Waals surface area contributed by atoms with Crippen molar-refractivity contribution in [2.45, 2.75) is 18.8 Å². The monoisotopic (exact) mass is 470 g/mol. The molecule has 3 fully saturated rings. The van der Waals surface area contributed by atoms with Crippen molar-refractivity contribution in [1.82, 2.24) is 20.2 Å². The molecular formula is C23H30N6O3S. The average Bonchev–Trinajstić information content (AvgIpc) is 3.37. The van der Waals surface area contributed by atoms with Gasteiger partial charge in [-0.15, -0.1) is 4.99 Å². The molecule has 0 aromatic heterocycles. The Bertz CT molecular complexity index is 915. The van der Waals surface area contributed by atoms with Gasteiger partial charge < -0.3 is 14.7 Å². The van der Waals surface area contributed by atoms with Crippen molar-refractivity contribution in [3.63, 3.8) is 0 Å². The molecule has 176 valence electrons. The van der Waals surface area contributed by atoms with Gasteiger partial charge in [0.25, 0.3) is 0 Å². The lowest BCUT2D eigenvalue weighted by Gasteiger charge is -2.42. The number of hydroxylamine groups is 1. The molecule has 33 heavy (non-hydrogen) atoms. The van der Waals surface area contributed by atoms with Crippen molar-refractivity contribution in [3.05, 3.63) is 35.9 Å². The maximum absolute atomic E-state index is 13.5. The topological polar surface area (TPSA) is 112 Å². The summed E-state index contributed by atoms with van der Waals surface area (Å²) in [6.07, 6.45) is 3.26. The van der Waals surface area contributed by atoms with Crippen LogP contribution in [-0.2, 0) is 9.59 Å². The highest BCUT2D eigenvalue weighted by molar-refractivity contribution is 7.99. The Morgan fingerprint density at radius 2 is 1.73 bits per heavy atom. The van der Waals surface area contributed by atoms with Gasteiger partial charge in [-0.25, -0.2) is 5.48 Å². The molecule has 3 aliphatic heterocycles. The second-order valence-electron chi connectivity index (χ2n) is 8.72. The number of hydrogen-bond donors (Lipinski definition) is 2. The summed E-state index contributed by atoms with van der Waals surface area (Å²) in [4.78, 5) is 36.0. The minimum Gasteiger partial charge on any atom is -0.342 e. The molecule has 2 N–H and O–H groups in total. The smallest absolute Gasteiger partial charge is 0.249 e. The van der Waals surface area contributed by atoms with E-state index >= 15 is 0 Å². The van der Waals surface area contributed by atoms with Gasteiger partial charge in [0.15, 0.2) is 0 Å². The van der Waals surface area contributed by atoms with Gasteiger partial charge >= 0.3 is 0 Å². The number of nitriles is 1. The highest BCUT2D eigenvalue weighted by atomic mass is 32.2. The number of benzene rings is 1. The van der Waals surface area contributed by atoms with Gasteiger partial charge in [0.2, 0.25) is 24.0 Å². The molecule has 0 bridgehead atoms. The fourth-order valence-electron chi connectivity index (χ4n) is 5.12. The average molecular weight is 471 g/mol. The van der Waals surface area contributed by atoms with Gasteiger partial charge in [0.1, 0.15) is 0 Å². The fraction of sp³-hybridized carbons (Fsp3) is 0.565. The summed E-state index contributed by atoms with van der Waals surface area (Å²) >= 11 is 1.86. The number of nitrogens with one attached hydrogen (secondary N) is 1. The molecule has 1 aromatic carbocycles. The number of piperidine rings is 1. The third kappa shape index (κ3) is 5.25. The molecule has 0 radical (unpaired) electrons. The Morgan fingerprint density at radius 3 is 2.42 bits per heavy atom. The van der Waals surface area contributed by atoms with E-state index in [1.807, 2.05) is 46.0 Å². The first-order valence-electron chi connectivity index (χ1n) is 11.4. The molecule has 0 spiro atoms. The van der Waals surface area contributed by atoms with Gasteiger partial charge in [-0.2, -0.15) is 17.0 Å². The van der Waals surface area contributed by atoms with Crippen LogP contribution in [0.2, 0.25) is 0 Å². The van der Waals surface area contributed by atoms with E-state index in [0.717, 1.165) is 31.0 Å². The van der Waals surface area contributed by atoms with Crippen LogP contribution in [-0.4, -0.2) is 88.5 Å². The lowest BCUT2D eigenvalue weighted by atomic mass is 9.83. The number of rotatable bonds is 3. The number of hydrogen-bond acceptors (Lipinski definition) is 6. The van der Waals surface area contributed by atoms with Crippen molar-refractivity contribution in [2.75, 3.05) is 50.8 Å². The number of guanidine groups is 1. The second-order valence-corrected chi connectivity index (χ2v) is 9.94. The molecule has 1 aromatic rings. The first kappa shape index (κ1) is 23.4. The minimum absolute atomic E-state index is 0.0326. The summed E-state index contributed by atoms with van der Waals surface area (Å²) < 4.78 is 0. The Morgan fingerprint density at radius 1 is 1.00 bits per heavy atom. The van der Waals surface area contributed by atoms with Crippen LogP contribution in [0.4, 0.5) is 0 Å². The highest BCUT2D eigenvalue weighted by Crippen LogP contribution is 2.32. The molecule has 3 heterocycles. The summed E-state index contributed by atoms with van der Waals surface area (Å²) in [5.41, 5.74) is 2.98. The van der Waals surface area contributed by atoms with E-state index in [0.29, 0.717) is 37.9 Å². The standard InChI is InChI=1S/C23H30N6O3S/c24-16-25-23(27-10-12-33-13-11-27)29-9-7-19(20(15-29)21(30)26-32)22(31)28-8-6-18(14-28)17-4-2-1-3-5-17/h1-5,18-20,32H,6-15H2,(H,26,30)/b25-23+/t18-,19-,20-/m0/s1. The Hall–Kier alpha value is -2.77. The van der Waals surface area contributed by atoms with E-state index in [2.05, 4.69) is 22.0 Å². The summed E-state index contributed by atoms with van der Waals surface area (Å²) in [6.45, 7) is 3.65. The maximum Gasteiger partial charge on any atom is 0.249 e. The lowest BCUT2D eigenvalue weighted by molar-refractivity contribution is -0.147. The first-order valence-corrected chi connectivity index (χ1v) is 12.6. The van der Waals surface area contributed by atoms with Crippen LogP contribution >= 0.6 is 11.8 Å². The molecule has 0 saturated carbocycles. The maximum atomic E-state index is 13.5. The third-order valence-corrected chi connectivity index (χ3v) is 7.82. The van der Waals surface area contributed by atoms with E-state index in [-0.39, 0.29) is 12.5 Å². The van der Waals surface area contributed by atoms with Gasteiger partial charge in [0.05, 0.1) is 11.8 Å². The number of likely N-dealkylation sites (tertiary alicyclic amines) is 2. The lowest BCUT2D eigenvalue weighted by Crippen LogP contribution is -2.57. The van der Waals surface area contributed by atoms with Crippen LogP contribution in [0.3, 0.4) is 0 Å². The number of aliphatic imine (C=N–C) groups is 1. The molecule has 0 unspecified atom stereocenters. The number of nitrogens with zero attached hydrogens (tertiary/aromatic N) is 5. The van der Waals surface area contributed by atoms with Crippen molar-refractivity contribution in [3.8, 4) is 6.19 Å². The van der Waals surface area contributed by atoms with Gasteiger partial charge in [-0.3, -0.25) is 14.8 Å². The number of carbonyl (C=O) groups excluding carboxylic acids is 2. The van der Waals surface area contributed by atoms with E-state index in [1.165, 1.54) is 5.56 Å². The van der Waals surface area contributed by atoms with Crippen LogP contribution in [0, 0.1) is 23.3 Å². The van der Waals surface area contributed by atoms with Gasteiger partial charge in [0, 0.05) is 56.7 Å². The SMILES string of the molecule is N#C/N=C(\N1CCSCC1)N1CC[C@H](C(=O)N2CC[C@H](c3ccccc3)C2)[C@@H](C(=O)NO)C1. The van der Waals surface area contributed by atoms with Crippen LogP contribution in [0.5, 0.6) is 0 Å². The van der Waals surface area contributed by atoms with Gasteiger partial charge in [-0.1, -0.05) is 30.3 Å². The van der Waals surface area contributed by atoms with Crippen LogP contribution in [0.25, 0.3) is 0 Å². The largest absolute Gasteiger partial charge is 0.342 e. The molecule has 4 rings (SSSR count). The van der Waals surface area contributed by atoms with Crippen molar-refractivity contribution in [2.24, 2.45) is 16.8 Å². The molecule has 10 heteroatoms. The Balaban J connectivity index is 1.47. The van der Waals surface area contributed by atoms with Crippen molar-refractivity contribution >= 4 is 29.5 Å². The van der Waals surface area contributed by atoms with Gasteiger partial charge in [-0.05, 0) is 18.4 Å². The molecule has 3 saturated heterocycles. The zero-order valence-electron chi connectivity index (χ0n) is 18.6. The molecular weight excluding hydrogens is 440 g/mol. The zero-order chi connectivity index (χ0) is 23.2. The van der Waals surface area contributed by atoms with Crippen LogP contribution in [0.15, 0.2) is 35.3 Å². The molecule has 2 amide bonds. The number of thioether (sulfide) groups is 1. The Kier molecular flexibility index (Phi) is 7.73. The second kappa shape index (κ2) is 10.9. The number of amides is 2. The first-order chi connectivity index (χ1) is 16.1.